The summed E-state index contributed by atoms with van der Waals surface area (Å²) in [5.41, 5.74) is 1.23. The molecule has 1 aromatic carbocycles. The molecule has 2 aromatic heterocycles. The van der Waals surface area contributed by atoms with Crippen molar-refractivity contribution in [3.63, 3.8) is 0 Å². The molecule has 0 spiro atoms. The molecule has 0 bridgehead atoms. The third kappa shape index (κ3) is 3.24. The number of pyridine rings is 1. The van der Waals surface area contributed by atoms with E-state index >= 15 is 0 Å². The molecule has 0 aliphatic carbocycles. The van der Waals surface area contributed by atoms with Crippen molar-refractivity contribution in [3.8, 4) is 5.82 Å². The van der Waals surface area contributed by atoms with Gasteiger partial charge in [0.25, 0.3) is 0 Å². The highest BCUT2D eigenvalue weighted by molar-refractivity contribution is 6.31. The van der Waals surface area contributed by atoms with Gasteiger partial charge in [-0.2, -0.15) is 5.10 Å². The number of halogens is 2. The maximum atomic E-state index is 12.9. The third-order valence-corrected chi connectivity index (χ3v) is 3.15. The van der Waals surface area contributed by atoms with E-state index in [0.717, 1.165) is 0 Å². The van der Waals surface area contributed by atoms with Crippen LogP contribution in [0.3, 0.4) is 0 Å². The highest BCUT2D eigenvalue weighted by Gasteiger charge is 2.06. The average molecular weight is 319 g/mol. The van der Waals surface area contributed by atoms with Crippen LogP contribution in [0.15, 0.2) is 48.7 Å². The molecule has 0 unspecified atom stereocenters. The van der Waals surface area contributed by atoms with Crippen molar-refractivity contribution in [2.45, 2.75) is 6.61 Å². The Morgan fingerprint density at radius 3 is 2.64 bits per heavy atom. The van der Waals surface area contributed by atoms with E-state index in [2.05, 4.69) is 15.4 Å². The van der Waals surface area contributed by atoms with Gasteiger partial charge in [-0.05, 0) is 36.4 Å². The number of hydrogen-bond acceptors (Lipinski definition) is 4. The summed E-state index contributed by atoms with van der Waals surface area (Å²) in [7, 11) is 0. The first-order chi connectivity index (χ1) is 10.6. The van der Waals surface area contributed by atoms with Crippen LogP contribution < -0.4 is 5.32 Å². The molecule has 112 valence electrons. The Labute approximate surface area is 131 Å². The van der Waals surface area contributed by atoms with Crippen LogP contribution in [-0.4, -0.2) is 19.9 Å². The van der Waals surface area contributed by atoms with E-state index in [9.17, 15) is 4.39 Å². The first-order valence-corrected chi connectivity index (χ1v) is 6.88. The number of nitrogens with one attached hydrogen (secondary N) is 1. The van der Waals surface area contributed by atoms with E-state index < -0.39 is 0 Å². The van der Waals surface area contributed by atoms with Crippen LogP contribution in [-0.2, 0) is 6.61 Å². The Morgan fingerprint density at radius 2 is 1.95 bits per heavy atom. The zero-order valence-electron chi connectivity index (χ0n) is 11.4. The van der Waals surface area contributed by atoms with Gasteiger partial charge in [0, 0.05) is 23.0 Å². The molecular formula is C15H12ClFN4O. The van der Waals surface area contributed by atoms with E-state index in [1.54, 1.807) is 36.5 Å². The lowest BCUT2D eigenvalue weighted by molar-refractivity contribution is 0.276. The number of hydrogen-bond donors (Lipinski definition) is 2. The third-order valence-electron chi connectivity index (χ3n) is 2.93. The minimum absolute atomic E-state index is 0.145. The summed E-state index contributed by atoms with van der Waals surface area (Å²) in [5.74, 6) is 0.713. The molecular weight excluding hydrogens is 307 g/mol. The van der Waals surface area contributed by atoms with Gasteiger partial charge in [-0.1, -0.05) is 11.6 Å². The minimum atomic E-state index is -0.307. The van der Waals surface area contributed by atoms with Crippen LogP contribution in [0.2, 0.25) is 5.02 Å². The number of aliphatic hydroxyl groups excluding tert-OH is 1. The smallest absolute Gasteiger partial charge is 0.157 e. The summed E-state index contributed by atoms with van der Waals surface area (Å²) in [6.45, 7) is -0.145. The van der Waals surface area contributed by atoms with Crippen molar-refractivity contribution in [3.05, 3.63) is 65.2 Å². The summed E-state index contributed by atoms with van der Waals surface area (Å²) in [6.07, 6.45) is 1.69. The zero-order valence-corrected chi connectivity index (χ0v) is 12.1. The first kappa shape index (κ1) is 14.5. The van der Waals surface area contributed by atoms with Crippen molar-refractivity contribution in [1.29, 1.82) is 0 Å². The first-order valence-electron chi connectivity index (χ1n) is 6.50. The van der Waals surface area contributed by atoms with Crippen LogP contribution in [0, 0.1) is 5.82 Å². The molecule has 7 heteroatoms. The van der Waals surface area contributed by atoms with E-state index in [0.29, 0.717) is 28.0 Å². The molecule has 0 saturated carbocycles. The van der Waals surface area contributed by atoms with Gasteiger partial charge >= 0.3 is 0 Å². The van der Waals surface area contributed by atoms with E-state index in [4.69, 9.17) is 16.7 Å². The minimum Gasteiger partial charge on any atom is -0.390 e. The van der Waals surface area contributed by atoms with Crippen molar-refractivity contribution >= 4 is 23.1 Å². The summed E-state index contributed by atoms with van der Waals surface area (Å²) in [4.78, 5) is 4.40. The SMILES string of the molecule is OCc1ccn(-c2cc(Cl)cc(Nc3ccc(F)cc3)n2)n1. The lowest BCUT2D eigenvalue weighted by Gasteiger charge is -2.08. The molecule has 0 fully saturated rings. The summed E-state index contributed by atoms with van der Waals surface area (Å²) < 4.78 is 14.4. The number of anilines is 2. The maximum Gasteiger partial charge on any atom is 0.157 e. The fourth-order valence-electron chi connectivity index (χ4n) is 1.92. The molecule has 0 saturated heterocycles. The number of aromatic nitrogens is 3. The van der Waals surface area contributed by atoms with E-state index in [1.165, 1.54) is 16.8 Å². The van der Waals surface area contributed by atoms with Gasteiger partial charge in [-0.3, -0.25) is 0 Å². The van der Waals surface area contributed by atoms with Gasteiger partial charge in [-0.15, -0.1) is 0 Å². The Kier molecular flexibility index (Phi) is 4.04. The van der Waals surface area contributed by atoms with Crippen LogP contribution in [0.4, 0.5) is 15.9 Å². The molecule has 5 nitrogen and oxygen atoms in total. The average Bonchev–Trinajstić information content (AvgIpc) is 2.98. The summed E-state index contributed by atoms with van der Waals surface area (Å²) in [5, 5.41) is 16.8. The number of benzene rings is 1. The van der Waals surface area contributed by atoms with Crippen LogP contribution >= 0.6 is 11.6 Å². The molecule has 0 aliphatic rings. The monoisotopic (exact) mass is 318 g/mol. The molecule has 3 rings (SSSR count). The Hall–Kier alpha value is -2.44. The molecule has 0 atom stereocenters. The van der Waals surface area contributed by atoms with Gasteiger partial charge < -0.3 is 10.4 Å². The zero-order chi connectivity index (χ0) is 15.5. The van der Waals surface area contributed by atoms with Gasteiger partial charge in [0.05, 0.1) is 12.3 Å². The van der Waals surface area contributed by atoms with Crippen molar-refractivity contribution in [2.24, 2.45) is 0 Å². The summed E-state index contributed by atoms with van der Waals surface area (Å²) in [6, 6.07) is 10.9. The second-order valence-electron chi connectivity index (χ2n) is 4.57. The molecule has 22 heavy (non-hydrogen) atoms. The second kappa shape index (κ2) is 6.13. The van der Waals surface area contributed by atoms with Gasteiger partial charge in [0.2, 0.25) is 0 Å². The fourth-order valence-corrected chi connectivity index (χ4v) is 2.12. The molecule has 0 amide bonds. The predicted octanol–water partition coefficient (Wildman–Crippen LogP) is 3.30. The number of nitrogens with zero attached hydrogens (tertiary/aromatic N) is 3. The van der Waals surface area contributed by atoms with Crippen molar-refractivity contribution in [1.82, 2.24) is 14.8 Å². The Bertz CT molecular complexity index is 788. The van der Waals surface area contributed by atoms with Gasteiger partial charge in [-0.25, -0.2) is 14.1 Å². The molecule has 0 radical (unpaired) electrons. The standard InChI is InChI=1S/C15H12ClFN4O/c16-10-7-14(18-12-3-1-11(17)2-4-12)19-15(8-10)21-6-5-13(9-22)20-21/h1-8,22H,9H2,(H,18,19). The van der Waals surface area contributed by atoms with E-state index in [1.807, 2.05) is 0 Å². The highest BCUT2D eigenvalue weighted by atomic mass is 35.5. The largest absolute Gasteiger partial charge is 0.390 e. The van der Waals surface area contributed by atoms with Crippen LogP contribution in [0.5, 0.6) is 0 Å². The maximum absolute atomic E-state index is 12.9. The Morgan fingerprint density at radius 1 is 1.18 bits per heavy atom. The lowest BCUT2D eigenvalue weighted by Crippen LogP contribution is -2.02. The molecule has 3 aromatic rings. The second-order valence-corrected chi connectivity index (χ2v) is 5.01. The number of aliphatic hydroxyl groups is 1. The predicted molar refractivity (Wildman–Crippen MR) is 82.0 cm³/mol. The topological polar surface area (TPSA) is 63.0 Å². The highest BCUT2D eigenvalue weighted by Crippen LogP contribution is 2.21. The van der Waals surface area contributed by atoms with Crippen LogP contribution in [0.1, 0.15) is 5.69 Å². The quantitative estimate of drug-likeness (QED) is 0.775. The number of rotatable bonds is 4. The molecule has 2 heterocycles. The van der Waals surface area contributed by atoms with E-state index in [-0.39, 0.29) is 12.4 Å². The van der Waals surface area contributed by atoms with Gasteiger partial charge in [0.15, 0.2) is 5.82 Å². The van der Waals surface area contributed by atoms with Crippen molar-refractivity contribution < 1.29 is 9.50 Å². The lowest BCUT2D eigenvalue weighted by atomic mass is 10.3. The molecule has 0 aliphatic heterocycles. The van der Waals surface area contributed by atoms with Crippen molar-refractivity contribution in [2.75, 3.05) is 5.32 Å². The molecule has 2 N–H and O–H groups in total. The normalized spacial score (nSPS) is 10.7. The fraction of sp³-hybridized carbons (Fsp3) is 0.0667. The Balaban J connectivity index is 1.90. The van der Waals surface area contributed by atoms with Crippen LogP contribution in [0.25, 0.3) is 5.82 Å². The van der Waals surface area contributed by atoms with Gasteiger partial charge in [0.1, 0.15) is 11.6 Å². The summed E-state index contributed by atoms with van der Waals surface area (Å²) >= 11 is 6.10.